The maximum atomic E-state index is 12.9. The third kappa shape index (κ3) is 5.02. The van der Waals surface area contributed by atoms with Crippen molar-refractivity contribution in [3.05, 3.63) is 89.7 Å². The van der Waals surface area contributed by atoms with Gasteiger partial charge in [0.15, 0.2) is 0 Å². The normalized spacial score (nSPS) is 10.7. The minimum Gasteiger partial charge on any atom is -0.297 e. The molecule has 0 bridgehead atoms. The van der Waals surface area contributed by atoms with Gasteiger partial charge in [-0.15, -0.1) is 0 Å². The number of aromatic nitrogens is 1. The van der Waals surface area contributed by atoms with Gasteiger partial charge in [-0.25, -0.2) is 0 Å². The van der Waals surface area contributed by atoms with Gasteiger partial charge in [0.25, 0.3) is 0 Å². The van der Waals surface area contributed by atoms with E-state index in [1.165, 1.54) is 11.1 Å². The van der Waals surface area contributed by atoms with Crippen LogP contribution >= 0.6 is 0 Å². The van der Waals surface area contributed by atoms with E-state index in [1.807, 2.05) is 30.3 Å². The highest BCUT2D eigenvalue weighted by Gasteiger charge is 2.30. The van der Waals surface area contributed by atoms with E-state index >= 15 is 0 Å². The Morgan fingerprint density at radius 3 is 2.37 bits per heavy atom. The fraction of sp³-hybridized carbons (Fsp3) is 0.0952. The Balaban J connectivity index is 1.76. The van der Waals surface area contributed by atoms with Crippen molar-refractivity contribution in [1.82, 2.24) is 4.98 Å². The number of halogens is 3. The zero-order valence-corrected chi connectivity index (χ0v) is 14.5. The molecule has 0 saturated carbocycles. The van der Waals surface area contributed by atoms with Crippen molar-refractivity contribution < 1.29 is 13.2 Å². The summed E-state index contributed by atoms with van der Waals surface area (Å²) in [6.07, 6.45) is -1.17. The summed E-state index contributed by atoms with van der Waals surface area (Å²) in [6.45, 7) is 0. The zero-order chi connectivity index (χ0) is 19.3. The maximum Gasteiger partial charge on any atom is 0.416 e. The summed E-state index contributed by atoms with van der Waals surface area (Å²) in [5, 5.41) is 1.50. The van der Waals surface area contributed by atoms with Gasteiger partial charge in [-0.1, -0.05) is 36.1 Å². The zero-order valence-electron chi connectivity index (χ0n) is 14.5. The lowest BCUT2D eigenvalue weighted by Crippen LogP contribution is -2.25. The van der Waals surface area contributed by atoms with Crippen LogP contribution in [-0.4, -0.2) is 12.0 Å². The average molecular weight is 367 g/mol. The molecule has 6 heteroatoms. The second-order valence-corrected chi connectivity index (χ2v) is 5.80. The molecule has 0 unspecified atom stereocenters. The van der Waals surface area contributed by atoms with Crippen LogP contribution in [0.4, 0.5) is 24.5 Å². The summed E-state index contributed by atoms with van der Waals surface area (Å²) in [5.74, 6) is 6.06. The van der Waals surface area contributed by atoms with Crippen LogP contribution in [0.1, 0.15) is 16.7 Å². The number of hydrazine groups is 1. The minimum absolute atomic E-state index is 0.380. The predicted molar refractivity (Wildman–Crippen MR) is 100 cm³/mol. The third-order valence-corrected chi connectivity index (χ3v) is 3.72. The Kier molecular flexibility index (Phi) is 5.32. The summed E-state index contributed by atoms with van der Waals surface area (Å²) in [6, 6.07) is 16.4. The molecule has 0 aliphatic carbocycles. The topological polar surface area (TPSA) is 28.2 Å². The lowest BCUT2D eigenvalue weighted by atomic mass is 10.2. The van der Waals surface area contributed by atoms with Crippen LogP contribution in [0.5, 0.6) is 0 Å². The van der Waals surface area contributed by atoms with E-state index in [1.54, 1.807) is 31.6 Å². The molecule has 1 N–H and O–H groups in total. The molecule has 2 aromatic carbocycles. The second-order valence-electron chi connectivity index (χ2n) is 5.80. The van der Waals surface area contributed by atoms with Crippen LogP contribution in [0, 0.1) is 11.8 Å². The van der Waals surface area contributed by atoms with Gasteiger partial charge >= 0.3 is 6.18 Å². The molecular formula is C21H16F3N3. The smallest absolute Gasteiger partial charge is 0.297 e. The molecule has 136 valence electrons. The summed E-state index contributed by atoms with van der Waals surface area (Å²) < 4.78 is 38.6. The quantitative estimate of drug-likeness (QED) is 0.524. The standard InChI is InChI=1S/C21H16F3N3/c1-27(20-9-5-8-18(13-20)21(22,23)24)26-19-12-17(14-25-15-19)11-10-16-6-3-2-4-7-16/h2-9,12-15,26H,1H3. The van der Waals surface area contributed by atoms with Gasteiger partial charge in [0.2, 0.25) is 0 Å². The molecule has 0 fully saturated rings. The largest absolute Gasteiger partial charge is 0.416 e. The Hall–Kier alpha value is -3.46. The van der Waals surface area contributed by atoms with Crippen molar-refractivity contribution in [3.8, 4) is 11.8 Å². The van der Waals surface area contributed by atoms with Crippen molar-refractivity contribution >= 4 is 11.4 Å². The van der Waals surface area contributed by atoms with Crippen molar-refractivity contribution in [2.75, 3.05) is 17.5 Å². The molecule has 3 nitrogen and oxygen atoms in total. The van der Waals surface area contributed by atoms with Gasteiger partial charge in [0, 0.05) is 24.4 Å². The molecule has 0 aliphatic rings. The first-order valence-electron chi connectivity index (χ1n) is 8.11. The van der Waals surface area contributed by atoms with Gasteiger partial charge < -0.3 is 0 Å². The Morgan fingerprint density at radius 2 is 1.63 bits per heavy atom. The van der Waals surface area contributed by atoms with E-state index in [2.05, 4.69) is 22.3 Å². The number of alkyl halides is 3. The first-order valence-corrected chi connectivity index (χ1v) is 8.11. The fourth-order valence-electron chi connectivity index (χ4n) is 2.38. The number of pyridine rings is 1. The van der Waals surface area contributed by atoms with E-state index in [4.69, 9.17) is 0 Å². The predicted octanol–water partition coefficient (Wildman–Crippen LogP) is 4.96. The number of hydrogen-bond acceptors (Lipinski definition) is 3. The molecular weight excluding hydrogens is 351 g/mol. The average Bonchev–Trinajstić information content (AvgIpc) is 2.67. The number of anilines is 2. The molecule has 27 heavy (non-hydrogen) atoms. The van der Waals surface area contributed by atoms with Gasteiger partial charge in [-0.05, 0) is 36.4 Å². The minimum atomic E-state index is -4.38. The van der Waals surface area contributed by atoms with E-state index in [0.29, 0.717) is 16.9 Å². The monoisotopic (exact) mass is 367 g/mol. The van der Waals surface area contributed by atoms with E-state index in [-0.39, 0.29) is 0 Å². The SMILES string of the molecule is CN(Nc1cncc(C#Cc2ccccc2)c1)c1cccc(C(F)(F)F)c1. The van der Waals surface area contributed by atoms with Crippen LogP contribution in [-0.2, 0) is 6.18 Å². The van der Waals surface area contributed by atoms with Gasteiger partial charge in [-0.3, -0.25) is 15.4 Å². The maximum absolute atomic E-state index is 12.9. The molecule has 3 aromatic rings. The van der Waals surface area contributed by atoms with Gasteiger partial charge in [-0.2, -0.15) is 13.2 Å². The first kappa shape index (κ1) is 18.3. The van der Waals surface area contributed by atoms with E-state index < -0.39 is 11.7 Å². The summed E-state index contributed by atoms with van der Waals surface area (Å²) in [5.41, 5.74) is 4.89. The third-order valence-electron chi connectivity index (χ3n) is 3.72. The summed E-state index contributed by atoms with van der Waals surface area (Å²) in [7, 11) is 1.64. The molecule has 0 saturated heterocycles. The molecule has 0 spiro atoms. The number of benzene rings is 2. The molecule has 1 heterocycles. The van der Waals surface area contributed by atoms with E-state index in [9.17, 15) is 13.2 Å². The molecule has 0 aliphatic heterocycles. The Bertz CT molecular complexity index is 973. The van der Waals surface area contributed by atoms with Crippen LogP contribution in [0.3, 0.4) is 0 Å². The molecule has 3 rings (SSSR count). The highest BCUT2D eigenvalue weighted by atomic mass is 19.4. The number of hydrogen-bond donors (Lipinski definition) is 1. The molecule has 0 radical (unpaired) electrons. The van der Waals surface area contributed by atoms with Crippen molar-refractivity contribution in [1.29, 1.82) is 0 Å². The van der Waals surface area contributed by atoms with Crippen LogP contribution in [0.15, 0.2) is 73.1 Å². The van der Waals surface area contributed by atoms with Crippen molar-refractivity contribution in [2.24, 2.45) is 0 Å². The van der Waals surface area contributed by atoms with Crippen LogP contribution in [0.25, 0.3) is 0 Å². The van der Waals surface area contributed by atoms with Crippen LogP contribution < -0.4 is 10.4 Å². The van der Waals surface area contributed by atoms with Gasteiger partial charge in [0.1, 0.15) is 0 Å². The lowest BCUT2D eigenvalue weighted by molar-refractivity contribution is -0.137. The highest BCUT2D eigenvalue weighted by Crippen LogP contribution is 2.31. The Labute approximate surface area is 155 Å². The molecule has 1 aromatic heterocycles. The Morgan fingerprint density at radius 1 is 0.889 bits per heavy atom. The fourth-order valence-corrected chi connectivity index (χ4v) is 2.38. The van der Waals surface area contributed by atoms with Crippen molar-refractivity contribution in [3.63, 3.8) is 0 Å². The van der Waals surface area contributed by atoms with Crippen LogP contribution in [0.2, 0.25) is 0 Å². The molecule has 0 atom stereocenters. The second kappa shape index (κ2) is 7.83. The number of nitrogens with one attached hydrogen (secondary N) is 1. The first-order chi connectivity index (χ1) is 12.9. The van der Waals surface area contributed by atoms with Gasteiger partial charge in [0.05, 0.1) is 23.1 Å². The summed E-state index contributed by atoms with van der Waals surface area (Å²) >= 11 is 0. The summed E-state index contributed by atoms with van der Waals surface area (Å²) in [4.78, 5) is 4.13. The number of rotatable bonds is 3. The van der Waals surface area contributed by atoms with Crippen molar-refractivity contribution in [2.45, 2.75) is 6.18 Å². The lowest BCUT2D eigenvalue weighted by Gasteiger charge is -2.22. The number of nitrogens with zero attached hydrogens (tertiary/aromatic N) is 2. The molecule has 0 amide bonds. The highest BCUT2D eigenvalue weighted by molar-refractivity contribution is 5.57. The van der Waals surface area contributed by atoms with E-state index in [0.717, 1.165) is 17.7 Å².